The summed E-state index contributed by atoms with van der Waals surface area (Å²) in [4.78, 5) is 43.7. The molecular formula is C25H37N3O6. The maximum Gasteiger partial charge on any atom is 0.451 e. The van der Waals surface area contributed by atoms with Gasteiger partial charge in [0.25, 0.3) is 0 Å². The molecule has 0 bridgehead atoms. The summed E-state index contributed by atoms with van der Waals surface area (Å²) in [6.45, 7) is 3.78. The highest BCUT2D eigenvalue weighted by Gasteiger charge is 2.38. The van der Waals surface area contributed by atoms with Crippen molar-refractivity contribution in [1.82, 2.24) is 9.96 Å². The highest BCUT2D eigenvalue weighted by atomic mass is 16.8. The summed E-state index contributed by atoms with van der Waals surface area (Å²) in [6.07, 6.45) is 4.53. The number of ether oxygens (including phenoxy) is 1. The van der Waals surface area contributed by atoms with Gasteiger partial charge in [0.2, 0.25) is 5.96 Å². The number of guanidine groups is 1. The Hall–Kier alpha value is -3.10. The van der Waals surface area contributed by atoms with E-state index in [1.165, 1.54) is 11.9 Å². The first kappa shape index (κ1) is 27.1. The molecule has 1 aliphatic rings. The van der Waals surface area contributed by atoms with Crippen LogP contribution in [0.15, 0.2) is 30.3 Å². The smallest absolute Gasteiger partial charge is 0.451 e. The first-order chi connectivity index (χ1) is 16.2. The number of aliphatic carboxylic acids is 1. The molecule has 2 N–H and O–H groups in total. The van der Waals surface area contributed by atoms with Gasteiger partial charge in [-0.25, -0.2) is 14.4 Å². The fraction of sp³-hybridized carbons (Fsp3) is 0.600. The molecule has 1 amide bonds. The van der Waals surface area contributed by atoms with Crippen molar-refractivity contribution in [2.75, 3.05) is 13.7 Å². The van der Waals surface area contributed by atoms with E-state index in [0.29, 0.717) is 17.9 Å². The number of nitrogens with zero attached hydrogens (tertiary/aromatic N) is 2. The molecule has 188 valence electrons. The van der Waals surface area contributed by atoms with Crippen LogP contribution >= 0.6 is 0 Å². The largest absolute Gasteiger partial charge is 0.480 e. The van der Waals surface area contributed by atoms with Crippen LogP contribution in [0.1, 0.15) is 64.4 Å². The van der Waals surface area contributed by atoms with Gasteiger partial charge >= 0.3 is 18.0 Å². The van der Waals surface area contributed by atoms with Gasteiger partial charge in [-0.1, -0.05) is 68.5 Å². The second-order valence-corrected chi connectivity index (χ2v) is 9.18. The van der Waals surface area contributed by atoms with Crippen molar-refractivity contribution in [3.8, 4) is 0 Å². The van der Waals surface area contributed by atoms with Crippen LogP contribution in [-0.2, 0) is 25.6 Å². The molecule has 0 spiro atoms. The molecule has 2 rings (SSSR count). The molecule has 1 aromatic carbocycles. The van der Waals surface area contributed by atoms with Gasteiger partial charge in [-0.2, -0.15) is 0 Å². The molecule has 0 heterocycles. The Morgan fingerprint density at radius 2 is 1.76 bits per heavy atom. The zero-order valence-electron chi connectivity index (χ0n) is 20.4. The van der Waals surface area contributed by atoms with Crippen LogP contribution in [0, 0.1) is 17.2 Å². The lowest BCUT2D eigenvalue weighted by Crippen LogP contribution is -2.54. The van der Waals surface area contributed by atoms with Crippen molar-refractivity contribution in [2.45, 2.75) is 71.3 Å². The van der Waals surface area contributed by atoms with E-state index in [4.69, 9.17) is 15.0 Å². The summed E-state index contributed by atoms with van der Waals surface area (Å²) >= 11 is 0. The van der Waals surface area contributed by atoms with Crippen molar-refractivity contribution in [2.24, 2.45) is 11.8 Å². The van der Waals surface area contributed by atoms with Crippen LogP contribution in [0.3, 0.4) is 0 Å². The number of likely N-dealkylation sites (N-methyl/N-ethyl adjacent to an activating group) is 1. The normalized spacial score (nSPS) is 14.8. The van der Waals surface area contributed by atoms with Crippen LogP contribution in [0.25, 0.3) is 0 Å². The van der Waals surface area contributed by atoms with E-state index in [0.717, 1.165) is 37.7 Å². The summed E-state index contributed by atoms with van der Waals surface area (Å²) in [5.41, 5.74) is 1.08. The van der Waals surface area contributed by atoms with E-state index in [1.54, 1.807) is 0 Å². The van der Waals surface area contributed by atoms with E-state index in [2.05, 4.69) is 0 Å². The fourth-order valence-corrected chi connectivity index (χ4v) is 4.10. The maximum atomic E-state index is 12.7. The minimum Gasteiger partial charge on any atom is -0.480 e. The lowest BCUT2D eigenvalue weighted by molar-refractivity contribution is -0.170. The molecule has 0 aliphatic heterocycles. The molecule has 0 radical (unpaired) electrons. The number of carboxylic acids is 1. The average Bonchev–Trinajstić information content (AvgIpc) is 2.81. The molecule has 1 atom stereocenters. The van der Waals surface area contributed by atoms with Gasteiger partial charge in [0.15, 0.2) is 0 Å². The summed E-state index contributed by atoms with van der Waals surface area (Å²) in [5, 5.41) is 18.9. The third kappa shape index (κ3) is 8.35. The molecule has 0 aromatic heterocycles. The zero-order valence-corrected chi connectivity index (χ0v) is 20.4. The van der Waals surface area contributed by atoms with Crippen LogP contribution < -0.4 is 0 Å². The van der Waals surface area contributed by atoms with Gasteiger partial charge in [0.1, 0.15) is 6.04 Å². The van der Waals surface area contributed by atoms with Gasteiger partial charge in [0.05, 0.1) is 6.61 Å². The number of nitrogens with one attached hydrogen (secondary N) is 1. The molecule has 34 heavy (non-hydrogen) atoms. The van der Waals surface area contributed by atoms with Crippen LogP contribution in [-0.4, -0.2) is 58.8 Å². The average molecular weight is 476 g/mol. The quantitative estimate of drug-likeness (QED) is 0.307. The summed E-state index contributed by atoms with van der Waals surface area (Å²) in [7, 11) is 1.43. The lowest BCUT2D eigenvalue weighted by atomic mass is 9.83. The standard InChI is InChI=1S/C25H37N3O6/c1-18(2)17-33-25(32)28(34-21(29)16-10-13-19-11-6-4-7-12-19)24(26)27(3)22(23(30)31)20-14-8-5-9-15-20/h4,6-7,11-12,18,20,22,26H,5,8-10,13-17H2,1-3H3,(H,30,31). The lowest BCUT2D eigenvalue weighted by Gasteiger charge is -2.36. The first-order valence-corrected chi connectivity index (χ1v) is 12.0. The summed E-state index contributed by atoms with van der Waals surface area (Å²) < 4.78 is 5.19. The van der Waals surface area contributed by atoms with Gasteiger partial charge in [-0.15, -0.1) is 0 Å². The highest BCUT2D eigenvalue weighted by Crippen LogP contribution is 2.29. The first-order valence-electron chi connectivity index (χ1n) is 12.0. The molecule has 1 aliphatic carbocycles. The third-order valence-electron chi connectivity index (χ3n) is 5.88. The number of hydrogen-bond acceptors (Lipinski definition) is 6. The van der Waals surface area contributed by atoms with E-state index < -0.39 is 30.0 Å². The van der Waals surface area contributed by atoms with Crippen molar-refractivity contribution < 1.29 is 29.1 Å². The van der Waals surface area contributed by atoms with Gasteiger partial charge in [-0.3, -0.25) is 5.41 Å². The van der Waals surface area contributed by atoms with Crippen molar-refractivity contribution >= 4 is 24.0 Å². The third-order valence-corrected chi connectivity index (χ3v) is 5.88. The van der Waals surface area contributed by atoms with E-state index in [1.807, 2.05) is 44.2 Å². The van der Waals surface area contributed by atoms with Crippen LogP contribution in [0.4, 0.5) is 4.79 Å². The molecule has 0 saturated heterocycles. The second-order valence-electron chi connectivity index (χ2n) is 9.18. The summed E-state index contributed by atoms with van der Waals surface area (Å²) in [5.74, 6) is -2.44. The maximum absolute atomic E-state index is 12.7. The Kier molecular flexibility index (Phi) is 10.8. The topological polar surface area (TPSA) is 120 Å². The van der Waals surface area contributed by atoms with E-state index >= 15 is 0 Å². The van der Waals surface area contributed by atoms with E-state index in [9.17, 15) is 19.5 Å². The number of carbonyl (C=O) groups is 3. The van der Waals surface area contributed by atoms with Crippen molar-refractivity contribution in [3.63, 3.8) is 0 Å². The van der Waals surface area contributed by atoms with Crippen molar-refractivity contribution in [3.05, 3.63) is 35.9 Å². The minimum atomic E-state index is -1.08. The number of benzene rings is 1. The Balaban J connectivity index is 2.09. The monoisotopic (exact) mass is 475 g/mol. The zero-order chi connectivity index (χ0) is 25.1. The summed E-state index contributed by atoms with van der Waals surface area (Å²) in [6, 6.07) is 8.67. The number of aryl methyl sites for hydroxylation is 1. The Morgan fingerprint density at radius 3 is 2.35 bits per heavy atom. The van der Waals surface area contributed by atoms with Crippen molar-refractivity contribution in [1.29, 1.82) is 5.41 Å². The highest BCUT2D eigenvalue weighted by molar-refractivity contribution is 5.94. The molecular weight excluding hydrogens is 438 g/mol. The Bertz CT molecular complexity index is 823. The van der Waals surface area contributed by atoms with Crippen LogP contribution in [0.2, 0.25) is 0 Å². The predicted molar refractivity (Wildman–Crippen MR) is 127 cm³/mol. The molecule has 1 aromatic rings. The number of hydrogen-bond donors (Lipinski definition) is 2. The molecule has 9 heteroatoms. The predicted octanol–water partition coefficient (Wildman–Crippen LogP) is 4.46. The SMILES string of the molecule is CC(C)COC(=O)N(OC(=O)CCCc1ccccc1)C(=N)N(C)C(C(=O)O)C1CCCCC1. The number of hydroxylamine groups is 2. The molecule has 9 nitrogen and oxygen atoms in total. The molecule has 1 fully saturated rings. The number of amides is 1. The number of rotatable bonds is 9. The van der Waals surface area contributed by atoms with E-state index in [-0.39, 0.29) is 24.9 Å². The minimum absolute atomic E-state index is 0.0326. The van der Waals surface area contributed by atoms with Gasteiger partial charge in [-0.05, 0) is 43.1 Å². The fourth-order valence-electron chi connectivity index (χ4n) is 4.10. The van der Waals surface area contributed by atoms with Gasteiger partial charge < -0.3 is 19.6 Å². The molecule has 1 saturated carbocycles. The number of carboxylic acid groups (broad SMARTS) is 1. The molecule has 1 unspecified atom stereocenters. The second kappa shape index (κ2) is 13.6. The van der Waals surface area contributed by atoms with Crippen LogP contribution in [0.5, 0.6) is 0 Å². The Morgan fingerprint density at radius 1 is 1.12 bits per heavy atom. The Labute approximate surface area is 201 Å². The number of carbonyl (C=O) groups excluding carboxylic acids is 2. The van der Waals surface area contributed by atoms with Gasteiger partial charge in [0, 0.05) is 13.5 Å².